The third-order valence-corrected chi connectivity index (χ3v) is 9.01. The van der Waals surface area contributed by atoms with Crippen molar-refractivity contribution in [3.05, 3.63) is 78.3 Å². The second kappa shape index (κ2) is 12.8. The fourth-order valence-electron chi connectivity index (χ4n) is 6.34. The zero-order chi connectivity index (χ0) is 33.3. The maximum atomic E-state index is 15.6. The molecule has 2 aromatic heterocycles. The zero-order valence-corrected chi connectivity index (χ0v) is 26.7. The van der Waals surface area contributed by atoms with Crippen LogP contribution in [0.15, 0.2) is 72.4 Å². The third kappa shape index (κ3) is 6.39. The fraction of sp³-hybridized carbons (Fsp3) is 0.343. The Balaban J connectivity index is 1.26. The normalized spacial score (nSPS) is 17.7. The summed E-state index contributed by atoms with van der Waals surface area (Å²) in [5.41, 5.74) is 6.91. The molecule has 2 aliphatic rings. The molecule has 2 fully saturated rings. The van der Waals surface area contributed by atoms with Gasteiger partial charge in [0.25, 0.3) is 5.91 Å². The van der Waals surface area contributed by atoms with Gasteiger partial charge in [0.1, 0.15) is 40.5 Å². The minimum absolute atomic E-state index is 0.000151. The number of anilines is 1. The van der Waals surface area contributed by atoms with Gasteiger partial charge in [0.2, 0.25) is 5.91 Å². The molecule has 0 radical (unpaired) electrons. The molecule has 1 atom stereocenters. The van der Waals surface area contributed by atoms with E-state index in [-0.39, 0.29) is 41.4 Å². The molecule has 12 heteroatoms. The molecule has 2 aromatic carbocycles. The number of pyridine rings is 1. The van der Waals surface area contributed by atoms with Crippen molar-refractivity contribution in [3.63, 3.8) is 0 Å². The molecule has 0 aliphatic carbocycles. The average Bonchev–Trinajstić information content (AvgIpc) is 3.67. The number of para-hydroxylation sites is 1. The topological polar surface area (TPSA) is 134 Å². The van der Waals surface area contributed by atoms with Gasteiger partial charge in [-0.3, -0.25) is 19.2 Å². The number of halogens is 1. The second-order valence-corrected chi connectivity index (χ2v) is 12.5. The van der Waals surface area contributed by atoms with Crippen LogP contribution in [0.4, 0.5) is 10.2 Å². The molecule has 11 nitrogen and oxygen atoms in total. The van der Waals surface area contributed by atoms with Gasteiger partial charge in [0.05, 0.1) is 30.0 Å². The highest BCUT2D eigenvalue weighted by atomic mass is 19.1. The van der Waals surface area contributed by atoms with Gasteiger partial charge in [-0.2, -0.15) is 10.4 Å². The van der Waals surface area contributed by atoms with Crippen molar-refractivity contribution in [3.8, 4) is 28.8 Å². The Hall–Kier alpha value is -5.28. The van der Waals surface area contributed by atoms with Crippen LogP contribution in [0, 0.1) is 17.1 Å². The molecule has 2 saturated heterocycles. The van der Waals surface area contributed by atoms with Gasteiger partial charge < -0.3 is 20.3 Å². The van der Waals surface area contributed by atoms with E-state index in [9.17, 15) is 14.9 Å². The number of carbonyl (C=O) groups excluding carboxylic acids is 2. The number of piperazine rings is 1. The Morgan fingerprint density at radius 2 is 1.94 bits per heavy atom. The Kier molecular flexibility index (Phi) is 8.66. The minimum atomic E-state index is -0.684. The van der Waals surface area contributed by atoms with E-state index in [1.54, 1.807) is 64.1 Å². The van der Waals surface area contributed by atoms with Crippen LogP contribution < -0.4 is 10.5 Å². The predicted octanol–water partition coefficient (Wildman–Crippen LogP) is 4.61. The summed E-state index contributed by atoms with van der Waals surface area (Å²) < 4.78 is 23.2. The van der Waals surface area contributed by atoms with Crippen LogP contribution in [0.3, 0.4) is 0 Å². The molecule has 4 aromatic rings. The molecule has 0 saturated carbocycles. The van der Waals surface area contributed by atoms with Crippen molar-refractivity contribution >= 4 is 28.5 Å². The lowest BCUT2D eigenvalue weighted by molar-refractivity contribution is -0.136. The molecule has 4 heterocycles. The lowest BCUT2D eigenvalue weighted by atomic mass is 9.97. The van der Waals surface area contributed by atoms with Crippen LogP contribution in [-0.2, 0) is 16.1 Å². The van der Waals surface area contributed by atoms with Crippen LogP contribution in [0.1, 0.15) is 26.7 Å². The number of nitriles is 1. The Morgan fingerprint density at radius 1 is 1.15 bits per heavy atom. The van der Waals surface area contributed by atoms with E-state index < -0.39 is 11.4 Å². The van der Waals surface area contributed by atoms with E-state index in [4.69, 9.17) is 15.6 Å². The number of carbonyl (C=O) groups is 2. The summed E-state index contributed by atoms with van der Waals surface area (Å²) in [4.78, 5) is 35.8. The maximum absolute atomic E-state index is 15.6. The van der Waals surface area contributed by atoms with E-state index in [1.165, 1.54) is 6.07 Å². The number of likely N-dealkylation sites (N-methyl/N-ethyl adjacent to an activating group) is 1. The third-order valence-electron chi connectivity index (χ3n) is 9.01. The lowest BCUT2D eigenvalue weighted by Crippen LogP contribution is -2.55. The van der Waals surface area contributed by atoms with Crippen LogP contribution in [-0.4, -0.2) is 86.1 Å². The number of aromatic nitrogens is 3. The van der Waals surface area contributed by atoms with Crippen molar-refractivity contribution < 1.29 is 18.7 Å². The number of hydrogen-bond donors (Lipinski definition) is 1. The lowest BCUT2D eigenvalue weighted by Gasteiger charge is -2.41. The summed E-state index contributed by atoms with van der Waals surface area (Å²) in [6, 6.07) is 17.3. The Bertz CT molecular complexity index is 1900. The highest BCUT2D eigenvalue weighted by Crippen LogP contribution is 2.35. The largest absolute Gasteiger partial charge is 0.457 e. The molecule has 2 N–H and O–H groups in total. The summed E-state index contributed by atoms with van der Waals surface area (Å²) in [5, 5.41) is 15.4. The first-order valence-electron chi connectivity index (χ1n) is 15.6. The number of fused-ring (bicyclic) bond motifs is 1. The number of nitrogens with zero attached hydrogens (tertiary/aromatic N) is 7. The predicted molar refractivity (Wildman–Crippen MR) is 176 cm³/mol. The summed E-state index contributed by atoms with van der Waals surface area (Å²) in [6.07, 6.45) is 4.72. The van der Waals surface area contributed by atoms with Crippen LogP contribution in [0.5, 0.6) is 11.5 Å². The summed E-state index contributed by atoms with van der Waals surface area (Å²) in [5.74, 6) is 0.259. The molecule has 47 heavy (non-hydrogen) atoms. The molecular formula is C35H37FN8O3. The molecule has 1 unspecified atom stereocenters. The molecule has 2 aliphatic heterocycles. The van der Waals surface area contributed by atoms with Gasteiger partial charge in [-0.05, 0) is 63.1 Å². The summed E-state index contributed by atoms with van der Waals surface area (Å²) in [7, 11) is 1.77. The molecule has 0 spiro atoms. The standard InChI is InChI=1S/C35H37FN8O3/c1-35(2,42-17-16-41(3)30(45)22-42)19-23(20-37)34(46)43-15-7-8-24(43)21-44-29-13-14-39-33(38)31(29)32(40-44)27-12-11-26(18-28(27)36)47-25-9-5-4-6-10-25/h4-6,9-14,18-19,24H,7-8,15-17,21-22H2,1-3H3,(H2,38,39). The SMILES string of the molecule is CN1CCN(C(C)(C)C=C(C#N)C(=O)N2CCCC2Cn2nc(-c3ccc(Oc4ccccc4)cc3F)c3c(N)nccc32)CC1=O. The number of rotatable bonds is 8. The quantitative estimate of drug-likeness (QED) is 0.219. The van der Waals surface area contributed by atoms with Crippen molar-refractivity contribution in [2.24, 2.45) is 0 Å². The van der Waals surface area contributed by atoms with E-state index in [0.29, 0.717) is 60.7 Å². The smallest absolute Gasteiger partial charge is 0.264 e. The summed E-state index contributed by atoms with van der Waals surface area (Å²) >= 11 is 0. The van der Waals surface area contributed by atoms with Gasteiger partial charge in [0, 0.05) is 50.0 Å². The van der Waals surface area contributed by atoms with Crippen LogP contribution >= 0.6 is 0 Å². The van der Waals surface area contributed by atoms with Crippen molar-refractivity contribution in [1.82, 2.24) is 29.5 Å². The molecule has 6 rings (SSSR count). The number of nitrogens with two attached hydrogens (primary N) is 1. The molecule has 242 valence electrons. The minimum Gasteiger partial charge on any atom is -0.457 e. The van der Waals surface area contributed by atoms with Crippen molar-refractivity contribution in [2.45, 2.75) is 44.8 Å². The highest BCUT2D eigenvalue weighted by Gasteiger charge is 2.36. The van der Waals surface area contributed by atoms with E-state index in [0.717, 1.165) is 6.42 Å². The first kappa shape index (κ1) is 31.7. The fourth-order valence-corrected chi connectivity index (χ4v) is 6.34. The van der Waals surface area contributed by atoms with Crippen molar-refractivity contribution in [2.75, 3.05) is 39.0 Å². The molecule has 2 amide bonds. The van der Waals surface area contributed by atoms with E-state index >= 15 is 4.39 Å². The number of benzene rings is 2. The van der Waals surface area contributed by atoms with Crippen molar-refractivity contribution in [1.29, 1.82) is 5.26 Å². The number of hydrogen-bond acceptors (Lipinski definition) is 8. The maximum Gasteiger partial charge on any atom is 0.264 e. The Morgan fingerprint density at radius 3 is 2.66 bits per heavy atom. The molecular weight excluding hydrogens is 599 g/mol. The number of likely N-dealkylation sites (tertiary alicyclic amines) is 1. The van der Waals surface area contributed by atoms with Gasteiger partial charge in [-0.15, -0.1) is 0 Å². The highest BCUT2D eigenvalue weighted by molar-refractivity contribution is 6.00. The monoisotopic (exact) mass is 636 g/mol. The van der Waals surface area contributed by atoms with E-state index in [2.05, 4.69) is 11.1 Å². The zero-order valence-electron chi connectivity index (χ0n) is 26.7. The van der Waals surface area contributed by atoms with Gasteiger partial charge in [0.15, 0.2) is 0 Å². The van der Waals surface area contributed by atoms with Gasteiger partial charge in [-0.25, -0.2) is 9.37 Å². The Labute approximate surface area is 272 Å². The summed E-state index contributed by atoms with van der Waals surface area (Å²) in [6.45, 7) is 6.06. The van der Waals surface area contributed by atoms with E-state index in [1.807, 2.05) is 36.9 Å². The number of amides is 2. The van der Waals surface area contributed by atoms with Gasteiger partial charge >= 0.3 is 0 Å². The first-order valence-corrected chi connectivity index (χ1v) is 15.6. The van der Waals surface area contributed by atoms with Crippen LogP contribution in [0.25, 0.3) is 22.2 Å². The number of nitrogen functional groups attached to an aromatic ring is 1. The van der Waals surface area contributed by atoms with Crippen LogP contribution in [0.2, 0.25) is 0 Å². The molecule has 0 bridgehead atoms. The van der Waals surface area contributed by atoms with Gasteiger partial charge in [-0.1, -0.05) is 18.2 Å². The number of ether oxygens (including phenoxy) is 1. The first-order chi connectivity index (χ1) is 22.6. The second-order valence-electron chi connectivity index (χ2n) is 12.5. The average molecular weight is 637 g/mol.